The van der Waals surface area contributed by atoms with E-state index in [0.717, 1.165) is 21.9 Å². The molecule has 1 aliphatic carbocycles. The second kappa shape index (κ2) is 6.81. The summed E-state index contributed by atoms with van der Waals surface area (Å²) < 4.78 is 34.6. The topological polar surface area (TPSA) is 20.2 Å². The molecule has 6 rings (SSSR count). The quantitative estimate of drug-likeness (QED) is 0.313. The summed E-state index contributed by atoms with van der Waals surface area (Å²) in [7, 11) is 0. The molecule has 0 amide bonds. The van der Waals surface area contributed by atoms with Crippen LogP contribution in [0.4, 0.5) is 0 Å². The Morgan fingerprint density at radius 3 is 2.16 bits per heavy atom. The van der Waals surface area contributed by atoms with Crippen molar-refractivity contribution in [2.24, 2.45) is 0 Å². The van der Waals surface area contributed by atoms with E-state index in [2.05, 4.69) is 0 Å². The van der Waals surface area contributed by atoms with Crippen molar-refractivity contribution in [1.29, 1.82) is 0 Å². The van der Waals surface area contributed by atoms with E-state index in [-0.39, 0.29) is 35.3 Å². The van der Waals surface area contributed by atoms with Gasteiger partial charge in [0, 0.05) is 21.7 Å². The van der Waals surface area contributed by atoms with Crippen LogP contribution in [0.25, 0.3) is 33.0 Å². The van der Waals surface area contributed by atoms with E-state index in [0.29, 0.717) is 21.7 Å². The fraction of sp³-hybridized carbons (Fsp3) is 0.0345. The van der Waals surface area contributed by atoms with Gasteiger partial charge in [-0.15, -0.1) is 0 Å². The third-order valence-corrected chi connectivity index (χ3v) is 6.34. The molecule has 0 saturated heterocycles. The van der Waals surface area contributed by atoms with Crippen molar-refractivity contribution in [3.05, 3.63) is 131 Å². The first-order chi connectivity index (χ1) is 16.8. The fourth-order valence-electron chi connectivity index (χ4n) is 4.73. The number of aliphatic hydroxyl groups is 1. The second-order valence-electron chi connectivity index (χ2n) is 7.72. The maximum absolute atomic E-state index is 12.8. The number of fused-ring (bicyclic) bond motifs is 2. The Hall–Kier alpha value is -3.39. The minimum atomic E-state index is -1.82. The van der Waals surface area contributed by atoms with Crippen molar-refractivity contribution in [1.82, 2.24) is 0 Å². The van der Waals surface area contributed by atoms with Gasteiger partial charge in [0.05, 0.1) is 5.48 Å². The van der Waals surface area contributed by atoms with Crippen LogP contribution < -0.4 is 0 Å². The molecule has 1 nitrogen and oxygen atoms in total. The molecular formula is C29H19ClO. The summed E-state index contributed by atoms with van der Waals surface area (Å²) in [6, 6.07) is 24.8. The molecule has 0 saturated carbocycles. The molecule has 0 heterocycles. The standard InChI is InChI=1S/C29H19ClO/c30-21-17-15-19(16-18-21)22-9-1-3-12-25(22)29(31)26-13-4-2-10-23(26)24-11-5-7-20-8-6-14-27(29)28(20)24/h1-18,31H/i1D,3D,9D,12D. The SMILES string of the molecule is [2H]c1c([2H])c([2H])c(C2(O)c3ccccc3-c3cccc4cccc2c34)c(-c2ccc(Cl)cc2)c1[2H]. The summed E-state index contributed by atoms with van der Waals surface area (Å²) in [6.45, 7) is 0. The van der Waals surface area contributed by atoms with Crippen molar-refractivity contribution in [2.45, 2.75) is 5.60 Å². The second-order valence-corrected chi connectivity index (χ2v) is 8.16. The van der Waals surface area contributed by atoms with Gasteiger partial charge in [-0.2, -0.15) is 0 Å². The highest BCUT2D eigenvalue weighted by atomic mass is 35.5. The molecule has 1 N–H and O–H groups in total. The summed E-state index contributed by atoms with van der Waals surface area (Å²) >= 11 is 6.12. The maximum atomic E-state index is 12.8. The molecule has 0 fully saturated rings. The van der Waals surface area contributed by atoms with Crippen LogP contribution >= 0.6 is 11.6 Å². The average molecular weight is 423 g/mol. The lowest BCUT2D eigenvalue weighted by Gasteiger charge is -2.38. The Morgan fingerprint density at radius 1 is 0.645 bits per heavy atom. The summed E-state index contributed by atoms with van der Waals surface area (Å²) in [4.78, 5) is 0. The third kappa shape index (κ3) is 2.61. The van der Waals surface area contributed by atoms with E-state index in [1.807, 2.05) is 60.7 Å². The van der Waals surface area contributed by atoms with Crippen LogP contribution in [0.15, 0.2) is 109 Å². The smallest absolute Gasteiger partial charge is 0.142 e. The highest BCUT2D eigenvalue weighted by Gasteiger charge is 2.42. The van der Waals surface area contributed by atoms with E-state index in [1.54, 1.807) is 24.3 Å². The Balaban J connectivity index is 1.84. The van der Waals surface area contributed by atoms with Crippen LogP contribution in [0.5, 0.6) is 0 Å². The molecule has 1 aliphatic rings. The molecule has 0 aliphatic heterocycles. The first kappa shape index (κ1) is 14.6. The number of halogens is 1. The Morgan fingerprint density at radius 2 is 1.32 bits per heavy atom. The molecule has 0 bridgehead atoms. The van der Waals surface area contributed by atoms with Crippen LogP contribution in [0.1, 0.15) is 22.2 Å². The van der Waals surface area contributed by atoms with Crippen LogP contribution in [-0.2, 0) is 5.60 Å². The highest BCUT2D eigenvalue weighted by molar-refractivity contribution is 6.30. The van der Waals surface area contributed by atoms with Crippen molar-refractivity contribution in [2.75, 3.05) is 0 Å². The van der Waals surface area contributed by atoms with Gasteiger partial charge in [0.25, 0.3) is 0 Å². The zero-order valence-electron chi connectivity index (χ0n) is 20.4. The molecule has 1 atom stereocenters. The number of hydrogen-bond donors (Lipinski definition) is 1. The van der Waals surface area contributed by atoms with Gasteiger partial charge in [0.15, 0.2) is 0 Å². The van der Waals surface area contributed by atoms with E-state index >= 15 is 0 Å². The van der Waals surface area contributed by atoms with E-state index in [4.69, 9.17) is 17.1 Å². The molecule has 1 unspecified atom stereocenters. The molecule has 5 aromatic carbocycles. The first-order valence-electron chi connectivity index (χ1n) is 12.0. The molecule has 5 aromatic rings. The predicted molar refractivity (Wildman–Crippen MR) is 128 cm³/mol. The van der Waals surface area contributed by atoms with Gasteiger partial charge in [0.1, 0.15) is 5.60 Å². The molecule has 0 spiro atoms. The predicted octanol–water partition coefficient (Wildman–Crippen LogP) is 7.42. The first-order valence-corrected chi connectivity index (χ1v) is 10.4. The number of rotatable bonds is 2. The summed E-state index contributed by atoms with van der Waals surface area (Å²) in [5, 5.41) is 15.1. The molecule has 0 radical (unpaired) electrons. The molecule has 31 heavy (non-hydrogen) atoms. The van der Waals surface area contributed by atoms with E-state index in [1.165, 1.54) is 0 Å². The van der Waals surface area contributed by atoms with Gasteiger partial charge in [-0.1, -0.05) is 109 Å². The molecular weight excluding hydrogens is 400 g/mol. The summed E-state index contributed by atoms with van der Waals surface area (Å²) in [6.07, 6.45) is 0. The zero-order chi connectivity index (χ0) is 24.5. The summed E-state index contributed by atoms with van der Waals surface area (Å²) in [5.74, 6) is 0. The lowest BCUT2D eigenvalue weighted by Crippen LogP contribution is -2.32. The molecule has 0 aromatic heterocycles. The van der Waals surface area contributed by atoms with Gasteiger partial charge < -0.3 is 5.11 Å². The van der Waals surface area contributed by atoms with E-state index in [9.17, 15) is 5.11 Å². The largest absolute Gasteiger partial charge is 0.376 e. The van der Waals surface area contributed by atoms with E-state index < -0.39 is 5.60 Å². The minimum Gasteiger partial charge on any atom is -0.376 e. The van der Waals surface area contributed by atoms with Crippen LogP contribution in [-0.4, -0.2) is 5.11 Å². The van der Waals surface area contributed by atoms with Gasteiger partial charge in [-0.25, -0.2) is 0 Å². The Bertz CT molecular complexity index is 1660. The lowest BCUT2D eigenvalue weighted by atomic mass is 9.69. The zero-order valence-corrected chi connectivity index (χ0v) is 17.2. The third-order valence-electron chi connectivity index (χ3n) is 6.08. The normalized spacial score (nSPS) is 18.6. The average Bonchev–Trinajstić information content (AvgIpc) is 2.88. The minimum absolute atomic E-state index is 0.125. The molecule has 2 heteroatoms. The van der Waals surface area contributed by atoms with Crippen LogP contribution in [0, 0.1) is 0 Å². The van der Waals surface area contributed by atoms with Crippen molar-refractivity contribution >= 4 is 22.4 Å². The van der Waals surface area contributed by atoms with Gasteiger partial charge in [0.2, 0.25) is 0 Å². The lowest BCUT2D eigenvalue weighted by molar-refractivity contribution is 0.128. The Labute approximate surface area is 191 Å². The van der Waals surface area contributed by atoms with Crippen molar-refractivity contribution < 1.29 is 10.6 Å². The maximum Gasteiger partial charge on any atom is 0.142 e. The fourth-order valence-corrected chi connectivity index (χ4v) is 4.86. The molecule has 148 valence electrons. The monoisotopic (exact) mass is 422 g/mol. The Kier molecular flexibility index (Phi) is 3.21. The van der Waals surface area contributed by atoms with Crippen LogP contribution in [0.2, 0.25) is 5.02 Å². The highest BCUT2D eigenvalue weighted by Crippen LogP contribution is 2.52. The van der Waals surface area contributed by atoms with Crippen molar-refractivity contribution in [3.63, 3.8) is 0 Å². The van der Waals surface area contributed by atoms with Crippen LogP contribution in [0.3, 0.4) is 0 Å². The summed E-state index contributed by atoms with van der Waals surface area (Å²) in [5.41, 5.74) is 2.07. The van der Waals surface area contributed by atoms with Gasteiger partial charge in [-0.3, -0.25) is 0 Å². The number of hydrogen-bond acceptors (Lipinski definition) is 1. The number of benzene rings is 5. The van der Waals surface area contributed by atoms with Gasteiger partial charge in [-0.05, 0) is 45.2 Å². The van der Waals surface area contributed by atoms with Gasteiger partial charge >= 0.3 is 0 Å². The van der Waals surface area contributed by atoms with Crippen molar-refractivity contribution in [3.8, 4) is 22.3 Å².